The molecular weight excluding hydrogens is 424 g/mol. The van der Waals surface area contributed by atoms with Crippen molar-refractivity contribution < 1.29 is 18.4 Å². The van der Waals surface area contributed by atoms with Crippen LogP contribution in [-0.2, 0) is 16.0 Å². The summed E-state index contributed by atoms with van der Waals surface area (Å²) in [4.78, 5) is 27.3. The minimum atomic E-state index is -0.548. The van der Waals surface area contributed by atoms with Crippen LogP contribution in [0, 0.1) is 11.6 Å². The molecule has 3 aromatic rings. The van der Waals surface area contributed by atoms with Crippen LogP contribution in [0.4, 0.5) is 8.78 Å². The summed E-state index contributed by atoms with van der Waals surface area (Å²) in [6.45, 7) is 0.550. The summed E-state index contributed by atoms with van der Waals surface area (Å²) in [7, 11) is 0. The van der Waals surface area contributed by atoms with Crippen molar-refractivity contribution in [3.05, 3.63) is 70.8 Å². The maximum absolute atomic E-state index is 14.1. The highest BCUT2D eigenvalue weighted by molar-refractivity contribution is 6.30. The lowest BCUT2D eigenvalue weighted by atomic mass is 10.0. The number of rotatable bonds is 6. The van der Waals surface area contributed by atoms with Gasteiger partial charge >= 0.3 is 0 Å². The number of carbonyl (C=O) groups is 2. The van der Waals surface area contributed by atoms with Crippen molar-refractivity contribution >= 4 is 23.4 Å². The zero-order valence-electron chi connectivity index (χ0n) is 16.5. The van der Waals surface area contributed by atoms with E-state index in [9.17, 15) is 18.4 Å². The number of aromatic amines is 1. The van der Waals surface area contributed by atoms with Crippen molar-refractivity contribution in [2.45, 2.75) is 25.3 Å². The average Bonchev–Trinajstić information content (AvgIpc) is 3.35. The molecule has 160 valence electrons. The molecule has 2 amide bonds. The zero-order chi connectivity index (χ0) is 22.0. The summed E-state index contributed by atoms with van der Waals surface area (Å²) in [5, 5.41) is 5.44. The van der Waals surface area contributed by atoms with Gasteiger partial charge in [-0.05, 0) is 66.4 Å². The third-order valence-corrected chi connectivity index (χ3v) is 5.57. The first-order valence-corrected chi connectivity index (χ1v) is 10.3. The smallest absolute Gasteiger partial charge is 0.242 e. The molecule has 8 heteroatoms. The number of aryl methyl sites for hydroxylation is 1. The molecule has 1 aliphatic heterocycles. The molecule has 5 nitrogen and oxygen atoms in total. The van der Waals surface area contributed by atoms with Gasteiger partial charge in [0.1, 0.15) is 17.7 Å². The van der Waals surface area contributed by atoms with Crippen molar-refractivity contribution in [2.24, 2.45) is 0 Å². The monoisotopic (exact) mass is 443 g/mol. The predicted octanol–water partition coefficient (Wildman–Crippen LogP) is 4.22. The van der Waals surface area contributed by atoms with Crippen molar-refractivity contribution in [3.63, 3.8) is 0 Å². The van der Waals surface area contributed by atoms with E-state index in [1.165, 1.54) is 24.3 Å². The fraction of sp³-hybridized carbons (Fsp3) is 0.217. The molecule has 0 aliphatic carbocycles. The zero-order valence-corrected chi connectivity index (χ0v) is 17.2. The molecule has 3 N–H and O–H groups in total. The highest BCUT2D eigenvalue weighted by Gasteiger charge is 2.25. The van der Waals surface area contributed by atoms with Gasteiger partial charge in [-0.15, -0.1) is 0 Å². The average molecular weight is 444 g/mol. The molecule has 4 rings (SSSR count). The topological polar surface area (TPSA) is 74.0 Å². The number of halogens is 3. The Kier molecular flexibility index (Phi) is 6.04. The van der Waals surface area contributed by atoms with E-state index in [1.54, 1.807) is 18.2 Å². The van der Waals surface area contributed by atoms with E-state index in [1.807, 2.05) is 6.07 Å². The Morgan fingerprint density at radius 3 is 2.52 bits per heavy atom. The van der Waals surface area contributed by atoms with E-state index in [-0.39, 0.29) is 29.1 Å². The summed E-state index contributed by atoms with van der Waals surface area (Å²) in [6.07, 6.45) is 1.10. The summed E-state index contributed by atoms with van der Waals surface area (Å²) >= 11 is 5.81. The summed E-state index contributed by atoms with van der Waals surface area (Å²) in [6, 6.07) is 11.9. The molecule has 1 unspecified atom stereocenters. The van der Waals surface area contributed by atoms with Crippen LogP contribution < -0.4 is 10.6 Å². The summed E-state index contributed by atoms with van der Waals surface area (Å²) in [5.74, 6) is -1.30. The highest BCUT2D eigenvalue weighted by atomic mass is 35.5. The van der Waals surface area contributed by atoms with Gasteiger partial charge in [-0.25, -0.2) is 8.78 Å². The molecule has 1 aromatic heterocycles. The molecule has 1 aliphatic rings. The lowest BCUT2D eigenvalue weighted by Gasteiger charge is -2.10. The number of amides is 2. The minimum absolute atomic E-state index is 0.0184. The van der Waals surface area contributed by atoms with Crippen LogP contribution >= 0.6 is 11.6 Å². The maximum atomic E-state index is 14.1. The van der Waals surface area contributed by atoms with Crippen LogP contribution in [0.3, 0.4) is 0 Å². The van der Waals surface area contributed by atoms with Gasteiger partial charge in [-0.1, -0.05) is 17.7 Å². The fourth-order valence-electron chi connectivity index (χ4n) is 3.64. The lowest BCUT2D eigenvalue weighted by Crippen LogP contribution is -2.40. The Hall–Kier alpha value is -3.19. The van der Waals surface area contributed by atoms with E-state index < -0.39 is 11.9 Å². The first-order valence-electron chi connectivity index (χ1n) is 9.91. The van der Waals surface area contributed by atoms with E-state index in [4.69, 9.17) is 11.6 Å². The fourth-order valence-corrected chi connectivity index (χ4v) is 3.75. The van der Waals surface area contributed by atoms with Crippen molar-refractivity contribution in [1.82, 2.24) is 15.6 Å². The van der Waals surface area contributed by atoms with Gasteiger partial charge in [0.25, 0.3) is 0 Å². The molecular formula is C23H20ClF2N3O2. The Bertz CT molecular complexity index is 1130. The van der Waals surface area contributed by atoms with Crippen LogP contribution in [0.25, 0.3) is 22.5 Å². The molecule has 2 aromatic carbocycles. The number of benzene rings is 2. The van der Waals surface area contributed by atoms with Crippen LogP contribution in [0.2, 0.25) is 5.02 Å². The second-order valence-electron chi connectivity index (χ2n) is 7.42. The molecule has 0 radical (unpaired) electrons. The van der Waals surface area contributed by atoms with Gasteiger partial charge < -0.3 is 15.6 Å². The first kappa shape index (κ1) is 21.1. The Morgan fingerprint density at radius 1 is 1.10 bits per heavy atom. The third kappa shape index (κ3) is 4.77. The van der Waals surface area contributed by atoms with E-state index in [2.05, 4.69) is 15.6 Å². The normalized spacial score (nSPS) is 15.7. The molecule has 1 saturated heterocycles. The van der Waals surface area contributed by atoms with Crippen LogP contribution in [0.1, 0.15) is 18.4 Å². The van der Waals surface area contributed by atoms with Crippen molar-refractivity contribution in [2.75, 3.05) is 6.54 Å². The van der Waals surface area contributed by atoms with Gasteiger partial charge in [-0.3, -0.25) is 9.59 Å². The number of carbonyl (C=O) groups excluding carboxylic acids is 2. The van der Waals surface area contributed by atoms with Gasteiger partial charge in [0.15, 0.2) is 0 Å². The van der Waals surface area contributed by atoms with Crippen molar-refractivity contribution in [1.29, 1.82) is 0 Å². The predicted molar refractivity (Wildman–Crippen MR) is 114 cm³/mol. The van der Waals surface area contributed by atoms with Crippen LogP contribution in [0.15, 0.2) is 48.5 Å². The highest BCUT2D eigenvalue weighted by Crippen LogP contribution is 2.31. The van der Waals surface area contributed by atoms with Gasteiger partial charge in [0, 0.05) is 29.9 Å². The lowest BCUT2D eigenvalue weighted by molar-refractivity contribution is -0.127. The summed E-state index contributed by atoms with van der Waals surface area (Å²) in [5.41, 5.74) is 3.51. The molecule has 1 fully saturated rings. The quantitative estimate of drug-likeness (QED) is 0.533. The largest absolute Gasteiger partial charge is 0.354 e. The molecule has 2 heterocycles. The minimum Gasteiger partial charge on any atom is -0.354 e. The van der Waals surface area contributed by atoms with E-state index >= 15 is 0 Å². The molecule has 0 saturated carbocycles. The van der Waals surface area contributed by atoms with E-state index in [0.29, 0.717) is 30.6 Å². The standard InChI is InChI=1S/C23H20ClF2N3O2/c24-17-7-3-14(11-18(17)26)22-15(4-8-21(30)28-19-9-10-27-23(19)31)12-20(29-22)13-1-5-16(25)6-2-13/h1-3,5-7,11-12,19,29H,4,8-10H2,(H,27,31)(H,28,30). The first-order chi connectivity index (χ1) is 14.9. The van der Waals surface area contributed by atoms with Gasteiger partial charge in [0.2, 0.25) is 11.8 Å². The Labute approximate surface area is 182 Å². The van der Waals surface area contributed by atoms with Crippen LogP contribution in [-0.4, -0.2) is 29.4 Å². The number of aromatic nitrogens is 1. The third-order valence-electron chi connectivity index (χ3n) is 5.27. The van der Waals surface area contributed by atoms with Gasteiger partial charge in [0.05, 0.1) is 5.02 Å². The number of H-pyrrole nitrogens is 1. The van der Waals surface area contributed by atoms with Crippen molar-refractivity contribution in [3.8, 4) is 22.5 Å². The number of hydrogen-bond donors (Lipinski definition) is 3. The molecule has 0 bridgehead atoms. The second-order valence-corrected chi connectivity index (χ2v) is 7.83. The SMILES string of the molecule is O=C(CCc1cc(-c2ccc(F)cc2)[nH]c1-c1ccc(Cl)c(F)c1)NC1CCNC1=O. The van der Waals surface area contributed by atoms with Crippen LogP contribution in [0.5, 0.6) is 0 Å². The maximum Gasteiger partial charge on any atom is 0.242 e. The molecule has 1 atom stereocenters. The molecule has 0 spiro atoms. The second kappa shape index (κ2) is 8.89. The summed E-state index contributed by atoms with van der Waals surface area (Å²) < 4.78 is 27.4. The Balaban J connectivity index is 1.59. The van der Waals surface area contributed by atoms with Gasteiger partial charge in [-0.2, -0.15) is 0 Å². The van der Waals surface area contributed by atoms with E-state index in [0.717, 1.165) is 16.8 Å². The number of hydrogen-bond acceptors (Lipinski definition) is 2. The number of nitrogens with one attached hydrogen (secondary N) is 3. The molecule has 31 heavy (non-hydrogen) atoms. The Morgan fingerprint density at radius 2 is 1.84 bits per heavy atom.